The Morgan fingerprint density at radius 2 is 1.75 bits per heavy atom. The molecule has 0 heterocycles. The smallest absolute Gasteiger partial charge is 0.320 e. The molecule has 0 saturated heterocycles. The fourth-order valence-electron chi connectivity index (χ4n) is 0.543. The average Bonchev–Trinajstić information content (AvgIpc) is 1.84. The predicted octanol–water partition coefficient (Wildman–Crippen LogP) is 0.691. The number of ketones is 1. The van der Waals surface area contributed by atoms with Gasteiger partial charge in [-0.1, -0.05) is 13.8 Å². The summed E-state index contributed by atoms with van der Waals surface area (Å²) in [5.41, 5.74) is 0. The van der Waals surface area contributed by atoms with Crippen molar-refractivity contribution in [3.8, 4) is 0 Å². The van der Waals surface area contributed by atoms with Crippen LogP contribution in [0.3, 0.4) is 0 Å². The monoisotopic (exact) mass is 172 g/mol. The van der Waals surface area contributed by atoms with E-state index in [0.29, 0.717) is 0 Å². The van der Waals surface area contributed by atoms with Gasteiger partial charge in [-0.3, -0.25) is 14.4 Å². The number of hydrogen-bond donors (Lipinski definition) is 0. The molecule has 0 aliphatic rings. The third kappa shape index (κ3) is 4.60. The van der Waals surface area contributed by atoms with Gasteiger partial charge in [0.05, 0.1) is 0 Å². The van der Waals surface area contributed by atoms with E-state index in [4.69, 9.17) is 0 Å². The van der Waals surface area contributed by atoms with E-state index in [9.17, 15) is 14.4 Å². The van der Waals surface area contributed by atoms with Crippen LogP contribution in [0.1, 0.15) is 27.2 Å². The van der Waals surface area contributed by atoms with Crippen LogP contribution < -0.4 is 0 Å². The zero-order chi connectivity index (χ0) is 9.72. The Kier molecular flexibility index (Phi) is 4.18. The average molecular weight is 172 g/mol. The van der Waals surface area contributed by atoms with Crippen LogP contribution in [-0.4, -0.2) is 17.7 Å². The van der Waals surface area contributed by atoms with Gasteiger partial charge in [0.25, 0.3) is 0 Å². The molecular weight excluding hydrogens is 160 g/mol. The first-order valence-corrected chi connectivity index (χ1v) is 3.67. The molecule has 0 aromatic rings. The summed E-state index contributed by atoms with van der Waals surface area (Å²) < 4.78 is 4.17. The highest BCUT2D eigenvalue weighted by molar-refractivity contribution is 5.99. The number of carbonyl (C=O) groups excluding carboxylic acids is 3. The molecule has 0 fully saturated rings. The molecule has 0 rings (SSSR count). The van der Waals surface area contributed by atoms with Crippen molar-refractivity contribution in [3.05, 3.63) is 0 Å². The molecule has 0 aliphatic carbocycles. The molecule has 4 heteroatoms. The zero-order valence-electron chi connectivity index (χ0n) is 7.42. The van der Waals surface area contributed by atoms with Crippen molar-refractivity contribution in [2.75, 3.05) is 0 Å². The lowest BCUT2D eigenvalue weighted by Gasteiger charge is -2.01. The summed E-state index contributed by atoms with van der Waals surface area (Å²) in [6.07, 6.45) is -0.322. The Balaban J connectivity index is 3.85. The predicted molar refractivity (Wildman–Crippen MR) is 41.2 cm³/mol. The summed E-state index contributed by atoms with van der Waals surface area (Å²) in [4.78, 5) is 31.9. The van der Waals surface area contributed by atoms with Gasteiger partial charge in [-0.15, -0.1) is 0 Å². The minimum Gasteiger partial charge on any atom is -0.393 e. The van der Waals surface area contributed by atoms with Crippen molar-refractivity contribution < 1.29 is 19.1 Å². The number of carbonyl (C=O) groups is 3. The summed E-state index contributed by atoms with van der Waals surface area (Å²) in [5, 5.41) is 0. The third-order valence-corrected chi connectivity index (χ3v) is 1.22. The quantitative estimate of drug-likeness (QED) is 0.464. The fourth-order valence-corrected chi connectivity index (χ4v) is 0.543. The largest absolute Gasteiger partial charge is 0.393 e. The molecule has 0 spiro atoms. The normalized spacial score (nSPS) is 9.67. The van der Waals surface area contributed by atoms with E-state index in [2.05, 4.69) is 4.74 Å². The van der Waals surface area contributed by atoms with Crippen molar-refractivity contribution in [2.45, 2.75) is 27.2 Å². The number of ether oxygens (including phenoxy) is 1. The molecule has 0 radical (unpaired) electrons. The van der Waals surface area contributed by atoms with E-state index < -0.39 is 11.9 Å². The second kappa shape index (κ2) is 4.64. The standard InChI is InChI=1S/C8H12O4/c1-5(2)7(10)4-8(11)12-6(3)9/h5H,4H2,1-3H3. The van der Waals surface area contributed by atoms with Gasteiger partial charge >= 0.3 is 11.9 Å². The van der Waals surface area contributed by atoms with Crippen LogP contribution in [0.4, 0.5) is 0 Å². The molecule has 68 valence electrons. The van der Waals surface area contributed by atoms with Crippen LogP contribution in [0.15, 0.2) is 0 Å². The van der Waals surface area contributed by atoms with Crippen LogP contribution in [0, 0.1) is 5.92 Å². The summed E-state index contributed by atoms with van der Waals surface area (Å²) in [5.74, 6) is -1.89. The second-order valence-corrected chi connectivity index (χ2v) is 2.76. The molecule has 0 N–H and O–H groups in total. The van der Waals surface area contributed by atoms with Gasteiger partial charge in [-0.25, -0.2) is 0 Å². The van der Waals surface area contributed by atoms with Crippen molar-refractivity contribution in [2.24, 2.45) is 5.92 Å². The van der Waals surface area contributed by atoms with E-state index in [1.54, 1.807) is 13.8 Å². The van der Waals surface area contributed by atoms with Crippen LogP contribution in [-0.2, 0) is 19.1 Å². The van der Waals surface area contributed by atoms with Crippen LogP contribution in [0.5, 0.6) is 0 Å². The molecular formula is C8H12O4. The second-order valence-electron chi connectivity index (χ2n) is 2.76. The molecule has 0 bridgehead atoms. The Morgan fingerprint density at radius 3 is 2.08 bits per heavy atom. The Morgan fingerprint density at radius 1 is 1.25 bits per heavy atom. The van der Waals surface area contributed by atoms with Gasteiger partial charge in [-0.05, 0) is 0 Å². The summed E-state index contributed by atoms with van der Waals surface area (Å²) in [6.45, 7) is 4.49. The van der Waals surface area contributed by atoms with Gasteiger partial charge in [0, 0.05) is 12.8 Å². The van der Waals surface area contributed by atoms with Crippen molar-refractivity contribution in [3.63, 3.8) is 0 Å². The Labute approximate surface area is 70.9 Å². The van der Waals surface area contributed by atoms with Crippen molar-refractivity contribution in [1.29, 1.82) is 0 Å². The first-order chi connectivity index (χ1) is 5.43. The minimum absolute atomic E-state index is 0.204. The van der Waals surface area contributed by atoms with Gasteiger partial charge in [-0.2, -0.15) is 0 Å². The van der Waals surface area contributed by atoms with Crippen LogP contribution in [0.25, 0.3) is 0 Å². The maximum atomic E-state index is 10.9. The number of esters is 2. The molecule has 0 saturated carbocycles. The van der Waals surface area contributed by atoms with Gasteiger partial charge in [0.15, 0.2) is 0 Å². The lowest BCUT2D eigenvalue weighted by Crippen LogP contribution is -2.17. The van der Waals surface area contributed by atoms with Gasteiger partial charge < -0.3 is 4.74 Å². The molecule has 0 aliphatic heterocycles. The Hall–Kier alpha value is -1.19. The van der Waals surface area contributed by atoms with Crippen molar-refractivity contribution >= 4 is 17.7 Å². The minimum atomic E-state index is -0.777. The van der Waals surface area contributed by atoms with Crippen LogP contribution >= 0.6 is 0 Å². The van der Waals surface area contributed by atoms with Crippen LogP contribution in [0.2, 0.25) is 0 Å². The highest BCUT2D eigenvalue weighted by Gasteiger charge is 2.14. The maximum absolute atomic E-state index is 10.9. The highest BCUT2D eigenvalue weighted by Crippen LogP contribution is 1.99. The van der Waals surface area contributed by atoms with E-state index in [1.165, 1.54) is 0 Å². The lowest BCUT2D eigenvalue weighted by atomic mass is 10.1. The maximum Gasteiger partial charge on any atom is 0.320 e. The van der Waals surface area contributed by atoms with Gasteiger partial charge in [0.1, 0.15) is 12.2 Å². The number of hydrogen-bond acceptors (Lipinski definition) is 4. The fraction of sp³-hybridized carbons (Fsp3) is 0.625. The summed E-state index contributed by atoms with van der Waals surface area (Å²) in [6, 6.07) is 0. The topological polar surface area (TPSA) is 60.4 Å². The zero-order valence-corrected chi connectivity index (χ0v) is 7.42. The summed E-state index contributed by atoms with van der Waals surface area (Å²) >= 11 is 0. The highest BCUT2D eigenvalue weighted by atomic mass is 16.6. The first kappa shape index (κ1) is 10.8. The van der Waals surface area contributed by atoms with E-state index >= 15 is 0 Å². The molecule has 0 aromatic carbocycles. The summed E-state index contributed by atoms with van der Waals surface area (Å²) in [7, 11) is 0. The first-order valence-electron chi connectivity index (χ1n) is 3.67. The number of rotatable bonds is 3. The molecule has 0 atom stereocenters. The van der Waals surface area contributed by atoms with E-state index in [0.717, 1.165) is 6.92 Å². The number of Topliss-reactive ketones (excluding diaryl/α,β-unsaturated/α-hetero) is 1. The molecule has 0 unspecified atom stereocenters. The molecule has 0 amide bonds. The van der Waals surface area contributed by atoms with Crippen molar-refractivity contribution in [1.82, 2.24) is 0 Å². The van der Waals surface area contributed by atoms with E-state index in [-0.39, 0.29) is 18.1 Å². The third-order valence-electron chi connectivity index (χ3n) is 1.22. The molecule has 4 nitrogen and oxygen atoms in total. The SMILES string of the molecule is CC(=O)OC(=O)CC(=O)C(C)C. The molecule has 12 heavy (non-hydrogen) atoms. The Bertz CT molecular complexity index is 205. The lowest BCUT2D eigenvalue weighted by molar-refractivity contribution is -0.158. The van der Waals surface area contributed by atoms with Gasteiger partial charge in [0.2, 0.25) is 0 Å². The van der Waals surface area contributed by atoms with E-state index in [1.807, 2.05) is 0 Å². The molecule has 0 aromatic heterocycles.